The van der Waals surface area contributed by atoms with E-state index in [9.17, 15) is 4.79 Å². The fourth-order valence-corrected chi connectivity index (χ4v) is 2.08. The van der Waals surface area contributed by atoms with Gasteiger partial charge in [-0.15, -0.1) is 0 Å². The number of aryl methyl sites for hydroxylation is 1. The van der Waals surface area contributed by atoms with E-state index in [0.717, 1.165) is 11.1 Å². The molecule has 2 aromatic rings. The Hall–Kier alpha value is -2.82. The highest BCUT2D eigenvalue weighted by molar-refractivity contribution is 6.02. The van der Waals surface area contributed by atoms with Gasteiger partial charge in [0.05, 0.1) is 25.1 Å². The SMILES string of the molecule is COc1cc(/C=C/C(=O)Nc2cnccc2C)ccc1OC(C)C. The molecule has 2 rings (SSSR count). The molecule has 1 heterocycles. The van der Waals surface area contributed by atoms with Crippen molar-refractivity contribution in [3.63, 3.8) is 0 Å². The van der Waals surface area contributed by atoms with Gasteiger partial charge in [0.1, 0.15) is 0 Å². The van der Waals surface area contributed by atoms with Crippen LogP contribution in [-0.4, -0.2) is 24.1 Å². The van der Waals surface area contributed by atoms with Gasteiger partial charge in [0.25, 0.3) is 0 Å². The Kier molecular flexibility index (Phi) is 5.95. The van der Waals surface area contributed by atoms with E-state index in [1.54, 1.807) is 25.6 Å². The molecule has 0 atom stereocenters. The van der Waals surface area contributed by atoms with E-state index in [0.29, 0.717) is 17.2 Å². The quantitative estimate of drug-likeness (QED) is 0.819. The van der Waals surface area contributed by atoms with Gasteiger partial charge in [-0.3, -0.25) is 9.78 Å². The molecule has 0 saturated carbocycles. The number of nitrogens with zero attached hydrogens (tertiary/aromatic N) is 1. The van der Waals surface area contributed by atoms with Crippen LogP contribution in [-0.2, 0) is 4.79 Å². The molecular weight excluding hydrogens is 304 g/mol. The molecule has 0 bridgehead atoms. The summed E-state index contributed by atoms with van der Waals surface area (Å²) < 4.78 is 11.0. The van der Waals surface area contributed by atoms with Crippen LogP contribution in [0.5, 0.6) is 11.5 Å². The second-order valence-electron chi connectivity index (χ2n) is 5.59. The monoisotopic (exact) mass is 326 g/mol. The molecule has 0 aliphatic heterocycles. The lowest BCUT2D eigenvalue weighted by molar-refractivity contribution is -0.111. The second kappa shape index (κ2) is 8.15. The van der Waals surface area contributed by atoms with Crippen molar-refractivity contribution in [2.45, 2.75) is 26.9 Å². The zero-order valence-electron chi connectivity index (χ0n) is 14.4. The van der Waals surface area contributed by atoms with Crippen molar-refractivity contribution in [1.82, 2.24) is 4.98 Å². The number of anilines is 1. The summed E-state index contributed by atoms with van der Waals surface area (Å²) in [5.41, 5.74) is 2.51. The molecule has 0 fully saturated rings. The lowest BCUT2D eigenvalue weighted by atomic mass is 10.2. The van der Waals surface area contributed by atoms with Gasteiger partial charge < -0.3 is 14.8 Å². The van der Waals surface area contributed by atoms with Crippen LogP contribution in [0.3, 0.4) is 0 Å². The van der Waals surface area contributed by atoms with Crippen LogP contribution in [0.2, 0.25) is 0 Å². The summed E-state index contributed by atoms with van der Waals surface area (Å²) in [6, 6.07) is 7.38. The van der Waals surface area contributed by atoms with Gasteiger partial charge in [-0.2, -0.15) is 0 Å². The van der Waals surface area contributed by atoms with E-state index < -0.39 is 0 Å². The van der Waals surface area contributed by atoms with Crippen LogP contribution in [0.4, 0.5) is 5.69 Å². The maximum atomic E-state index is 12.0. The third-order valence-corrected chi connectivity index (χ3v) is 3.27. The Morgan fingerprint density at radius 3 is 2.71 bits per heavy atom. The number of nitrogens with one attached hydrogen (secondary N) is 1. The smallest absolute Gasteiger partial charge is 0.248 e. The zero-order valence-corrected chi connectivity index (χ0v) is 14.4. The molecule has 1 aromatic heterocycles. The number of carbonyl (C=O) groups excluding carboxylic acids is 1. The van der Waals surface area contributed by atoms with Crippen molar-refractivity contribution >= 4 is 17.7 Å². The number of benzene rings is 1. The Labute approximate surface area is 142 Å². The summed E-state index contributed by atoms with van der Waals surface area (Å²) in [5.74, 6) is 1.10. The minimum absolute atomic E-state index is 0.0637. The normalized spacial score (nSPS) is 10.9. The first-order valence-electron chi connectivity index (χ1n) is 7.74. The topological polar surface area (TPSA) is 60.5 Å². The minimum atomic E-state index is -0.215. The molecule has 0 unspecified atom stereocenters. The van der Waals surface area contributed by atoms with E-state index in [2.05, 4.69) is 10.3 Å². The van der Waals surface area contributed by atoms with Crippen molar-refractivity contribution in [3.8, 4) is 11.5 Å². The molecule has 1 aromatic carbocycles. The summed E-state index contributed by atoms with van der Waals surface area (Å²) in [4.78, 5) is 16.0. The average molecular weight is 326 g/mol. The summed E-state index contributed by atoms with van der Waals surface area (Å²) in [7, 11) is 1.59. The highest BCUT2D eigenvalue weighted by atomic mass is 16.5. The van der Waals surface area contributed by atoms with E-state index >= 15 is 0 Å². The Morgan fingerprint density at radius 1 is 1.25 bits per heavy atom. The molecule has 0 radical (unpaired) electrons. The molecular formula is C19H22N2O3. The third-order valence-electron chi connectivity index (χ3n) is 3.27. The zero-order chi connectivity index (χ0) is 17.5. The Balaban J connectivity index is 2.08. The molecule has 126 valence electrons. The summed E-state index contributed by atoms with van der Waals surface area (Å²) in [6.45, 7) is 5.83. The van der Waals surface area contributed by atoms with Crippen molar-refractivity contribution in [3.05, 3.63) is 53.9 Å². The second-order valence-corrected chi connectivity index (χ2v) is 5.59. The fraction of sp³-hybridized carbons (Fsp3) is 0.263. The molecule has 24 heavy (non-hydrogen) atoms. The minimum Gasteiger partial charge on any atom is -0.493 e. The number of hydrogen-bond acceptors (Lipinski definition) is 4. The highest BCUT2D eigenvalue weighted by Crippen LogP contribution is 2.29. The van der Waals surface area contributed by atoms with Gasteiger partial charge in [-0.1, -0.05) is 6.07 Å². The third kappa shape index (κ3) is 4.84. The van der Waals surface area contributed by atoms with Crippen LogP contribution in [0.1, 0.15) is 25.0 Å². The predicted molar refractivity (Wildman–Crippen MR) is 95.4 cm³/mol. The van der Waals surface area contributed by atoms with Gasteiger partial charge in [-0.25, -0.2) is 0 Å². The van der Waals surface area contributed by atoms with Crippen molar-refractivity contribution in [1.29, 1.82) is 0 Å². The number of ether oxygens (including phenoxy) is 2. The fourth-order valence-electron chi connectivity index (χ4n) is 2.08. The number of pyridine rings is 1. The molecule has 1 amide bonds. The van der Waals surface area contributed by atoms with Crippen LogP contribution < -0.4 is 14.8 Å². The first-order chi connectivity index (χ1) is 11.5. The van der Waals surface area contributed by atoms with Crippen molar-refractivity contribution < 1.29 is 14.3 Å². The van der Waals surface area contributed by atoms with E-state index in [1.165, 1.54) is 6.08 Å². The number of methoxy groups -OCH3 is 1. The van der Waals surface area contributed by atoms with Crippen LogP contribution in [0, 0.1) is 6.92 Å². The van der Waals surface area contributed by atoms with Crippen molar-refractivity contribution in [2.24, 2.45) is 0 Å². The number of amides is 1. The Morgan fingerprint density at radius 2 is 2.04 bits per heavy atom. The van der Waals surface area contributed by atoms with Crippen LogP contribution >= 0.6 is 0 Å². The van der Waals surface area contributed by atoms with E-state index in [1.807, 2.05) is 45.0 Å². The maximum Gasteiger partial charge on any atom is 0.248 e. The number of hydrogen-bond donors (Lipinski definition) is 1. The summed E-state index contributed by atoms with van der Waals surface area (Å²) in [5, 5.41) is 2.80. The lowest BCUT2D eigenvalue weighted by Crippen LogP contribution is -2.09. The molecule has 0 aliphatic rings. The molecule has 0 saturated heterocycles. The summed E-state index contributed by atoms with van der Waals surface area (Å²) in [6.07, 6.45) is 6.58. The molecule has 0 spiro atoms. The van der Waals surface area contributed by atoms with E-state index in [-0.39, 0.29) is 12.0 Å². The van der Waals surface area contributed by atoms with Gasteiger partial charge in [0, 0.05) is 12.3 Å². The summed E-state index contributed by atoms with van der Waals surface area (Å²) >= 11 is 0. The molecule has 5 nitrogen and oxygen atoms in total. The molecule has 5 heteroatoms. The van der Waals surface area contributed by atoms with Gasteiger partial charge in [-0.05, 0) is 56.2 Å². The van der Waals surface area contributed by atoms with Gasteiger partial charge in [0.15, 0.2) is 11.5 Å². The molecule has 0 aliphatic carbocycles. The largest absolute Gasteiger partial charge is 0.493 e. The average Bonchev–Trinajstić information content (AvgIpc) is 2.55. The predicted octanol–water partition coefficient (Wildman–Crippen LogP) is 3.84. The highest BCUT2D eigenvalue weighted by Gasteiger charge is 2.07. The van der Waals surface area contributed by atoms with Gasteiger partial charge in [0.2, 0.25) is 5.91 Å². The number of rotatable bonds is 6. The van der Waals surface area contributed by atoms with Crippen molar-refractivity contribution in [2.75, 3.05) is 12.4 Å². The van der Waals surface area contributed by atoms with Crippen LogP contribution in [0.25, 0.3) is 6.08 Å². The number of carbonyl (C=O) groups is 1. The Bertz CT molecular complexity index is 739. The van der Waals surface area contributed by atoms with Gasteiger partial charge >= 0.3 is 0 Å². The molecule has 1 N–H and O–H groups in total. The standard InChI is InChI=1S/C19H22N2O3/c1-13(2)24-17-7-5-15(11-18(17)23-4)6-8-19(22)21-16-12-20-10-9-14(16)3/h5-13H,1-4H3,(H,21,22)/b8-6+. The number of aromatic nitrogens is 1. The van der Waals surface area contributed by atoms with E-state index in [4.69, 9.17) is 9.47 Å². The lowest BCUT2D eigenvalue weighted by Gasteiger charge is -2.13. The first-order valence-corrected chi connectivity index (χ1v) is 7.74. The van der Waals surface area contributed by atoms with Crippen LogP contribution in [0.15, 0.2) is 42.7 Å². The maximum absolute atomic E-state index is 12.0. The first kappa shape index (κ1) is 17.5.